The number of hydrogen-bond acceptors (Lipinski definition) is 3. The lowest BCUT2D eigenvalue weighted by atomic mass is 10.0. The third-order valence-electron chi connectivity index (χ3n) is 1.90. The first-order chi connectivity index (χ1) is 6.97. The number of benzene rings is 1. The molecule has 0 aliphatic carbocycles. The predicted molar refractivity (Wildman–Crippen MR) is 47.8 cm³/mol. The van der Waals surface area contributed by atoms with Crippen molar-refractivity contribution < 1.29 is 18.7 Å². The number of carbonyl (C=O) groups is 1. The number of phenols is 1. The standard InChI is InChI=1S/C10H7F2NO2/c1-5(14)7-3-8(10(11)12)6(4-13)2-9(7)15/h2-3,10,15H,1H3. The lowest BCUT2D eigenvalue weighted by molar-refractivity contribution is 0.101. The Balaban J connectivity index is 3.45. The molecule has 78 valence electrons. The molecule has 0 aromatic heterocycles. The predicted octanol–water partition coefficient (Wildman–Crippen LogP) is 2.40. The minimum absolute atomic E-state index is 0.204. The first-order valence-corrected chi connectivity index (χ1v) is 4.03. The molecule has 0 bridgehead atoms. The van der Waals surface area contributed by atoms with E-state index in [4.69, 9.17) is 5.26 Å². The van der Waals surface area contributed by atoms with Gasteiger partial charge in [0.25, 0.3) is 6.43 Å². The molecule has 3 nitrogen and oxygen atoms in total. The maximum Gasteiger partial charge on any atom is 0.265 e. The third-order valence-corrected chi connectivity index (χ3v) is 1.90. The number of aromatic hydroxyl groups is 1. The number of Topliss-reactive ketones (excluding diaryl/α,β-unsaturated/α-hetero) is 1. The number of nitriles is 1. The smallest absolute Gasteiger partial charge is 0.265 e. The zero-order chi connectivity index (χ0) is 11.6. The van der Waals surface area contributed by atoms with E-state index in [1.165, 1.54) is 6.07 Å². The van der Waals surface area contributed by atoms with E-state index in [1.54, 1.807) is 0 Å². The topological polar surface area (TPSA) is 61.1 Å². The number of rotatable bonds is 2. The fraction of sp³-hybridized carbons (Fsp3) is 0.200. The molecular weight excluding hydrogens is 204 g/mol. The van der Waals surface area contributed by atoms with Gasteiger partial charge in [0.05, 0.1) is 17.2 Å². The van der Waals surface area contributed by atoms with Crippen LogP contribution in [-0.4, -0.2) is 10.9 Å². The Morgan fingerprint density at radius 2 is 2.13 bits per heavy atom. The number of halogens is 2. The summed E-state index contributed by atoms with van der Waals surface area (Å²) in [6.07, 6.45) is -2.85. The van der Waals surface area contributed by atoms with Crippen LogP contribution in [0.1, 0.15) is 34.8 Å². The van der Waals surface area contributed by atoms with Crippen molar-refractivity contribution >= 4 is 5.78 Å². The second kappa shape index (κ2) is 4.05. The molecule has 5 heteroatoms. The van der Waals surface area contributed by atoms with Gasteiger partial charge in [0.2, 0.25) is 0 Å². The molecule has 0 aliphatic heterocycles. The summed E-state index contributed by atoms with van der Waals surface area (Å²) < 4.78 is 24.9. The van der Waals surface area contributed by atoms with E-state index in [-0.39, 0.29) is 11.1 Å². The normalized spacial score (nSPS) is 10.1. The Bertz CT molecular complexity index is 449. The molecule has 0 fully saturated rings. The van der Waals surface area contributed by atoms with E-state index in [2.05, 4.69) is 0 Å². The molecule has 1 N–H and O–H groups in total. The molecular formula is C10H7F2NO2. The summed E-state index contributed by atoms with van der Waals surface area (Å²) in [5.41, 5.74) is -1.07. The number of hydrogen-bond donors (Lipinski definition) is 1. The highest BCUT2D eigenvalue weighted by Crippen LogP contribution is 2.29. The molecule has 1 aromatic carbocycles. The average molecular weight is 211 g/mol. The van der Waals surface area contributed by atoms with Gasteiger partial charge in [-0.3, -0.25) is 4.79 Å². The molecule has 0 atom stereocenters. The van der Waals surface area contributed by atoms with Crippen molar-refractivity contribution in [3.63, 3.8) is 0 Å². The van der Waals surface area contributed by atoms with Crippen molar-refractivity contribution in [2.75, 3.05) is 0 Å². The van der Waals surface area contributed by atoms with E-state index in [9.17, 15) is 18.7 Å². The van der Waals surface area contributed by atoms with Crippen molar-refractivity contribution in [1.82, 2.24) is 0 Å². The summed E-state index contributed by atoms with van der Waals surface area (Å²) in [5, 5.41) is 17.8. The highest BCUT2D eigenvalue weighted by atomic mass is 19.3. The minimum atomic E-state index is -2.85. The highest BCUT2D eigenvalue weighted by Gasteiger charge is 2.18. The molecule has 0 aliphatic rings. The van der Waals surface area contributed by atoms with Gasteiger partial charge in [-0.2, -0.15) is 5.26 Å². The summed E-state index contributed by atoms with van der Waals surface area (Å²) in [4.78, 5) is 11.0. The highest BCUT2D eigenvalue weighted by molar-refractivity contribution is 5.97. The minimum Gasteiger partial charge on any atom is -0.507 e. The first-order valence-electron chi connectivity index (χ1n) is 4.03. The Hall–Kier alpha value is -1.96. The molecule has 0 amide bonds. The van der Waals surface area contributed by atoms with Gasteiger partial charge in [-0.1, -0.05) is 0 Å². The average Bonchev–Trinajstić information content (AvgIpc) is 2.16. The van der Waals surface area contributed by atoms with Crippen LogP contribution < -0.4 is 0 Å². The van der Waals surface area contributed by atoms with Crippen LogP contribution in [0.15, 0.2) is 12.1 Å². The fourth-order valence-corrected chi connectivity index (χ4v) is 1.16. The van der Waals surface area contributed by atoms with Gasteiger partial charge in [0, 0.05) is 5.56 Å². The molecule has 0 heterocycles. The van der Waals surface area contributed by atoms with Gasteiger partial charge in [0.1, 0.15) is 5.75 Å². The maximum atomic E-state index is 12.4. The fourth-order valence-electron chi connectivity index (χ4n) is 1.16. The lowest BCUT2D eigenvalue weighted by Crippen LogP contribution is -1.98. The Kier molecular flexibility index (Phi) is 3.00. The second-order valence-corrected chi connectivity index (χ2v) is 2.93. The molecule has 0 unspecified atom stereocenters. The third kappa shape index (κ3) is 2.10. The van der Waals surface area contributed by atoms with E-state index < -0.39 is 23.5 Å². The van der Waals surface area contributed by atoms with Crippen molar-refractivity contribution in [2.24, 2.45) is 0 Å². The summed E-state index contributed by atoms with van der Waals surface area (Å²) in [6, 6.07) is 3.25. The van der Waals surface area contributed by atoms with E-state index >= 15 is 0 Å². The summed E-state index contributed by atoms with van der Waals surface area (Å²) in [6.45, 7) is 1.15. The van der Waals surface area contributed by atoms with Crippen LogP contribution in [0.5, 0.6) is 5.75 Å². The summed E-state index contributed by atoms with van der Waals surface area (Å²) >= 11 is 0. The number of ketones is 1. The van der Waals surface area contributed by atoms with Crippen LogP contribution in [0, 0.1) is 11.3 Å². The molecule has 0 saturated carbocycles. The SMILES string of the molecule is CC(=O)c1cc(C(F)F)c(C#N)cc1O. The molecule has 0 spiro atoms. The number of alkyl halides is 2. The largest absolute Gasteiger partial charge is 0.507 e. The summed E-state index contributed by atoms with van der Waals surface area (Å²) in [7, 11) is 0. The molecule has 15 heavy (non-hydrogen) atoms. The van der Waals surface area contributed by atoms with Crippen LogP contribution in [0.25, 0.3) is 0 Å². The second-order valence-electron chi connectivity index (χ2n) is 2.93. The molecule has 1 rings (SSSR count). The monoisotopic (exact) mass is 211 g/mol. The molecule has 0 radical (unpaired) electrons. The van der Waals surface area contributed by atoms with Crippen LogP contribution in [0.2, 0.25) is 0 Å². The zero-order valence-corrected chi connectivity index (χ0v) is 7.79. The Labute approximate surface area is 84.6 Å². The Morgan fingerprint density at radius 3 is 2.53 bits per heavy atom. The van der Waals surface area contributed by atoms with Crippen molar-refractivity contribution in [2.45, 2.75) is 13.3 Å². The van der Waals surface area contributed by atoms with Gasteiger partial charge in [0.15, 0.2) is 5.78 Å². The maximum absolute atomic E-state index is 12.4. The summed E-state index contributed by atoms with van der Waals surface area (Å²) in [5.74, 6) is -0.984. The van der Waals surface area contributed by atoms with Crippen molar-refractivity contribution in [1.29, 1.82) is 5.26 Å². The van der Waals surface area contributed by atoms with Gasteiger partial charge in [-0.25, -0.2) is 8.78 Å². The van der Waals surface area contributed by atoms with E-state index in [1.807, 2.05) is 0 Å². The van der Waals surface area contributed by atoms with Crippen LogP contribution >= 0.6 is 0 Å². The van der Waals surface area contributed by atoms with E-state index in [0.717, 1.165) is 19.1 Å². The van der Waals surface area contributed by atoms with E-state index in [0.29, 0.717) is 0 Å². The van der Waals surface area contributed by atoms with Crippen LogP contribution in [0.3, 0.4) is 0 Å². The number of nitrogens with zero attached hydrogens (tertiary/aromatic N) is 1. The molecule has 0 saturated heterocycles. The van der Waals surface area contributed by atoms with Gasteiger partial charge in [-0.05, 0) is 19.1 Å². The van der Waals surface area contributed by atoms with Crippen LogP contribution in [0.4, 0.5) is 8.78 Å². The first kappa shape index (κ1) is 11.1. The Morgan fingerprint density at radius 1 is 1.53 bits per heavy atom. The lowest BCUT2D eigenvalue weighted by Gasteiger charge is -2.06. The number of phenolic OH excluding ortho intramolecular Hbond substituents is 1. The van der Waals surface area contributed by atoms with Crippen LogP contribution in [-0.2, 0) is 0 Å². The zero-order valence-electron chi connectivity index (χ0n) is 7.79. The van der Waals surface area contributed by atoms with Crippen molar-refractivity contribution in [3.8, 4) is 11.8 Å². The van der Waals surface area contributed by atoms with Gasteiger partial charge >= 0.3 is 0 Å². The molecule has 1 aromatic rings. The van der Waals surface area contributed by atoms with Gasteiger partial charge in [-0.15, -0.1) is 0 Å². The quantitative estimate of drug-likeness (QED) is 0.764. The number of carbonyl (C=O) groups excluding carboxylic acids is 1. The van der Waals surface area contributed by atoms with Crippen molar-refractivity contribution in [3.05, 3.63) is 28.8 Å². The van der Waals surface area contributed by atoms with Gasteiger partial charge < -0.3 is 5.11 Å².